The Morgan fingerprint density at radius 1 is 1.21 bits per heavy atom. The van der Waals surface area contributed by atoms with Gasteiger partial charge in [0, 0.05) is 33.5 Å². The van der Waals surface area contributed by atoms with Gasteiger partial charge < -0.3 is 5.32 Å². The number of thioether (sulfide) groups is 1. The van der Waals surface area contributed by atoms with Crippen LogP contribution in [-0.4, -0.2) is 17.5 Å². The van der Waals surface area contributed by atoms with Gasteiger partial charge in [0.1, 0.15) is 0 Å². The Balaban J connectivity index is 2.03. The largest absolute Gasteiger partial charge is 0.308 e. The molecule has 2 rings (SSSR count). The molecule has 0 bridgehead atoms. The first-order chi connectivity index (χ1) is 9.11. The van der Waals surface area contributed by atoms with E-state index in [1.807, 2.05) is 34.4 Å². The molecule has 0 aliphatic carbocycles. The van der Waals surface area contributed by atoms with Gasteiger partial charge in [0.15, 0.2) is 0 Å². The van der Waals surface area contributed by atoms with Crippen molar-refractivity contribution in [3.05, 3.63) is 44.8 Å². The average Bonchev–Trinajstić information content (AvgIpc) is 3.07. The third-order valence-electron chi connectivity index (χ3n) is 3.20. The SMILES string of the molecule is CSC(C)(C)CNC(Cc1cccs1)c1cccs1. The Hall–Kier alpha value is -0.290. The van der Waals surface area contributed by atoms with Crippen LogP contribution in [-0.2, 0) is 6.42 Å². The molecule has 0 fully saturated rings. The lowest BCUT2D eigenvalue weighted by Gasteiger charge is -2.26. The summed E-state index contributed by atoms with van der Waals surface area (Å²) < 4.78 is 0.283. The highest BCUT2D eigenvalue weighted by molar-refractivity contribution is 7.99. The van der Waals surface area contributed by atoms with Crippen LogP contribution in [0.2, 0.25) is 0 Å². The Morgan fingerprint density at radius 3 is 2.53 bits per heavy atom. The molecule has 2 heterocycles. The molecule has 1 nitrogen and oxygen atoms in total. The van der Waals surface area contributed by atoms with Gasteiger partial charge in [0.05, 0.1) is 0 Å². The van der Waals surface area contributed by atoms with E-state index >= 15 is 0 Å². The van der Waals surface area contributed by atoms with Crippen LogP contribution in [0.3, 0.4) is 0 Å². The Bertz CT molecular complexity index is 460. The van der Waals surface area contributed by atoms with E-state index in [1.165, 1.54) is 9.75 Å². The zero-order chi connectivity index (χ0) is 13.7. The summed E-state index contributed by atoms with van der Waals surface area (Å²) in [7, 11) is 0. The van der Waals surface area contributed by atoms with Crippen molar-refractivity contribution < 1.29 is 0 Å². The van der Waals surface area contributed by atoms with E-state index in [4.69, 9.17) is 0 Å². The number of hydrogen-bond acceptors (Lipinski definition) is 4. The predicted octanol–water partition coefficient (Wildman–Crippen LogP) is 4.82. The summed E-state index contributed by atoms with van der Waals surface area (Å²) in [6.07, 6.45) is 3.27. The second kappa shape index (κ2) is 6.93. The molecule has 0 radical (unpaired) electrons. The summed E-state index contributed by atoms with van der Waals surface area (Å²) in [5.41, 5.74) is 0. The van der Waals surface area contributed by atoms with Crippen molar-refractivity contribution in [2.24, 2.45) is 0 Å². The fourth-order valence-electron chi connectivity index (χ4n) is 1.83. The van der Waals surface area contributed by atoms with Gasteiger partial charge in [-0.05, 0) is 43.0 Å². The van der Waals surface area contributed by atoms with Crippen molar-refractivity contribution in [1.29, 1.82) is 0 Å². The minimum absolute atomic E-state index is 0.283. The first-order valence-electron chi connectivity index (χ1n) is 6.45. The van der Waals surface area contributed by atoms with Gasteiger partial charge >= 0.3 is 0 Å². The summed E-state index contributed by atoms with van der Waals surface area (Å²) in [6, 6.07) is 9.18. The maximum absolute atomic E-state index is 3.75. The first-order valence-corrected chi connectivity index (χ1v) is 9.43. The van der Waals surface area contributed by atoms with Gasteiger partial charge in [0.25, 0.3) is 0 Å². The van der Waals surface area contributed by atoms with E-state index in [-0.39, 0.29) is 4.75 Å². The molecule has 1 atom stereocenters. The number of rotatable bonds is 7. The minimum atomic E-state index is 0.283. The highest BCUT2D eigenvalue weighted by atomic mass is 32.2. The monoisotopic (exact) mass is 311 g/mol. The second-order valence-corrected chi connectivity index (χ2v) is 8.72. The third kappa shape index (κ3) is 4.63. The van der Waals surface area contributed by atoms with E-state index in [1.54, 1.807) is 0 Å². The highest BCUT2D eigenvalue weighted by Gasteiger charge is 2.20. The van der Waals surface area contributed by atoms with Crippen molar-refractivity contribution in [2.75, 3.05) is 12.8 Å². The van der Waals surface area contributed by atoms with E-state index in [0.29, 0.717) is 6.04 Å². The summed E-state index contributed by atoms with van der Waals surface area (Å²) in [5, 5.41) is 8.07. The number of thiophene rings is 2. The molecule has 2 aromatic heterocycles. The first kappa shape index (κ1) is 15.1. The molecule has 0 saturated heterocycles. The predicted molar refractivity (Wildman–Crippen MR) is 90.7 cm³/mol. The molecule has 1 N–H and O–H groups in total. The molecule has 0 aliphatic rings. The lowest BCUT2D eigenvalue weighted by Crippen LogP contribution is -2.35. The van der Waals surface area contributed by atoms with Gasteiger partial charge in [-0.3, -0.25) is 0 Å². The Morgan fingerprint density at radius 2 is 1.95 bits per heavy atom. The molecular formula is C15H21NS3. The van der Waals surface area contributed by atoms with Crippen LogP contribution in [0, 0.1) is 0 Å². The van der Waals surface area contributed by atoms with Crippen molar-refractivity contribution in [3.8, 4) is 0 Å². The summed E-state index contributed by atoms with van der Waals surface area (Å²) >= 11 is 5.61. The van der Waals surface area contributed by atoms with E-state index < -0.39 is 0 Å². The van der Waals surface area contributed by atoms with Crippen LogP contribution in [0.5, 0.6) is 0 Å². The normalized spacial score (nSPS) is 13.6. The quantitative estimate of drug-likeness (QED) is 0.786. The second-order valence-electron chi connectivity index (χ2n) is 5.20. The number of nitrogens with one attached hydrogen (secondary N) is 1. The number of hydrogen-bond donors (Lipinski definition) is 1. The fraction of sp³-hybridized carbons (Fsp3) is 0.467. The molecule has 0 amide bonds. The molecule has 2 aromatic rings. The van der Waals surface area contributed by atoms with Crippen LogP contribution in [0.25, 0.3) is 0 Å². The topological polar surface area (TPSA) is 12.0 Å². The van der Waals surface area contributed by atoms with Crippen LogP contribution >= 0.6 is 34.4 Å². The smallest absolute Gasteiger partial charge is 0.0464 e. The van der Waals surface area contributed by atoms with E-state index in [2.05, 4.69) is 60.4 Å². The molecule has 1 unspecified atom stereocenters. The van der Waals surface area contributed by atoms with Crippen molar-refractivity contribution in [3.63, 3.8) is 0 Å². The zero-order valence-corrected chi connectivity index (χ0v) is 14.1. The minimum Gasteiger partial charge on any atom is -0.308 e. The maximum atomic E-state index is 3.75. The molecule has 0 aromatic carbocycles. The van der Waals surface area contributed by atoms with Crippen molar-refractivity contribution >= 4 is 34.4 Å². The van der Waals surface area contributed by atoms with Gasteiger partial charge in [-0.2, -0.15) is 11.8 Å². The zero-order valence-electron chi connectivity index (χ0n) is 11.7. The molecule has 4 heteroatoms. The van der Waals surface area contributed by atoms with Gasteiger partial charge in [0.2, 0.25) is 0 Å². The molecule has 0 saturated carbocycles. The molecule has 0 aliphatic heterocycles. The van der Waals surface area contributed by atoms with Crippen LogP contribution in [0.4, 0.5) is 0 Å². The van der Waals surface area contributed by atoms with Crippen LogP contribution in [0.1, 0.15) is 29.6 Å². The van der Waals surface area contributed by atoms with Gasteiger partial charge in [-0.15, -0.1) is 22.7 Å². The summed E-state index contributed by atoms with van der Waals surface area (Å²) in [4.78, 5) is 2.89. The van der Waals surface area contributed by atoms with E-state index in [9.17, 15) is 0 Å². The van der Waals surface area contributed by atoms with Crippen molar-refractivity contribution in [2.45, 2.75) is 31.1 Å². The average molecular weight is 312 g/mol. The standard InChI is InChI=1S/C15H21NS3/c1-15(2,17-3)11-16-13(14-7-5-9-19-14)10-12-6-4-8-18-12/h4-9,13,16H,10-11H2,1-3H3. The molecule has 0 spiro atoms. The van der Waals surface area contributed by atoms with E-state index in [0.717, 1.165) is 13.0 Å². The van der Waals surface area contributed by atoms with Crippen molar-refractivity contribution in [1.82, 2.24) is 5.32 Å². The highest BCUT2D eigenvalue weighted by Crippen LogP contribution is 2.27. The molecule has 19 heavy (non-hydrogen) atoms. The molecular weight excluding hydrogens is 290 g/mol. The maximum Gasteiger partial charge on any atom is 0.0464 e. The van der Waals surface area contributed by atoms with Crippen LogP contribution in [0.15, 0.2) is 35.0 Å². The van der Waals surface area contributed by atoms with Crippen LogP contribution < -0.4 is 5.32 Å². The fourth-order valence-corrected chi connectivity index (χ4v) is 3.62. The third-order valence-corrected chi connectivity index (χ3v) is 6.33. The summed E-state index contributed by atoms with van der Waals surface area (Å²) in [6.45, 7) is 5.62. The Kier molecular flexibility index (Phi) is 5.51. The van der Waals surface area contributed by atoms with Gasteiger partial charge in [-0.1, -0.05) is 12.1 Å². The Labute approximate surface area is 128 Å². The lowest BCUT2D eigenvalue weighted by molar-refractivity contribution is 0.500. The molecule has 104 valence electrons. The van der Waals surface area contributed by atoms with Gasteiger partial charge in [-0.25, -0.2) is 0 Å². The lowest BCUT2D eigenvalue weighted by atomic mass is 10.1. The summed E-state index contributed by atoms with van der Waals surface area (Å²) in [5.74, 6) is 0.